The van der Waals surface area contributed by atoms with Gasteiger partial charge in [-0.3, -0.25) is 4.79 Å². The highest BCUT2D eigenvalue weighted by atomic mass is 16.2. The fourth-order valence-corrected chi connectivity index (χ4v) is 2.76. The van der Waals surface area contributed by atoms with Gasteiger partial charge in [-0.2, -0.15) is 0 Å². The molecular formula is C13H24N2O. The highest BCUT2D eigenvalue weighted by molar-refractivity contribution is 5.82. The van der Waals surface area contributed by atoms with Crippen molar-refractivity contribution < 1.29 is 4.79 Å². The Labute approximate surface area is 98.6 Å². The Morgan fingerprint density at radius 3 is 2.75 bits per heavy atom. The Morgan fingerprint density at radius 1 is 1.25 bits per heavy atom. The number of likely N-dealkylation sites (tertiary alicyclic amines) is 1. The summed E-state index contributed by atoms with van der Waals surface area (Å²) < 4.78 is 0. The lowest BCUT2D eigenvalue weighted by molar-refractivity contribution is -0.133. The first-order chi connectivity index (χ1) is 7.58. The van der Waals surface area contributed by atoms with Crippen LogP contribution in [0.2, 0.25) is 0 Å². The summed E-state index contributed by atoms with van der Waals surface area (Å²) in [7, 11) is 0. The molecule has 1 N–H and O–H groups in total. The third-order valence-corrected chi connectivity index (χ3v) is 4.01. The first-order valence-electron chi connectivity index (χ1n) is 6.61. The standard InChI is InChI=1S/C13H24N2O/c1-13(2)6-4-9-15(10-7-13)12(16)11-5-3-8-14-11/h11,14H,3-10H2,1-2H3/t11-/m0/s1. The van der Waals surface area contributed by atoms with Gasteiger partial charge in [0.25, 0.3) is 0 Å². The van der Waals surface area contributed by atoms with E-state index in [0.717, 1.165) is 45.3 Å². The maximum absolute atomic E-state index is 12.2. The van der Waals surface area contributed by atoms with Gasteiger partial charge in [-0.15, -0.1) is 0 Å². The molecule has 0 saturated carbocycles. The Balaban J connectivity index is 1.91. The van der Waals surface area contributed by atoms with E-state index in [4.69, 9.17) is 0 Å². The second-order valence-corrected chi connectivity index (χ2v) is 5.99. The Kier molecular flexibility index (Phi) is 3.53. The van der Waals surface area contributed by atoms with Crippen LogP contribution in [0.25, 0.3) is 0 Å². The molecule has 16 heavy (non-hydrogen) atoms. The van der Waals surface area contributed by atoms with Crippen molar-refractivity contribution in [3.05, 3.63) is 0 Å². The van der Waals surface area contributed by atoms with Gasteiger partial charge in [0.2, 0.25) is 5.91 Å². The zero-order chi connectivity index (χ0) is 11.6. The summed E-state index contributed by atoms with van der Waals surface area (Å²) in [5.74, 6) is 0.343. The van der Waals surface area contributed by atoms with Crippen molar-refractivity contribution in [3.8, 4) is 0 Å². The van der Waals surface area contributed by atoms with Gasteiger partial charge in [-0.25, -0.2) is 0 Å². The van der Waals surface area contributed by atoms with Crippen molar-refractivity contribution in [2.75, 3.05) is 19.6 Å². The number of amides is 1. The minimum atomic E-state index is 0.112. The lowest BCUT2D eigenvalue weighted by Gasteiger charge is -2.25. The smallest absolute Gasteiger partial charge is 0.239 e. The zero-order valence-electron chi connectivity index (χ0n) is 10.6. The number of hydrogen-bond acceptors (Lipinski definition) is 2. The van der Waals surface area contributed by atoms with Gasteiger partial charge in [0.1, 0.15) is 0 Å². The van der Waals surface area contributed by atoms with Gasteiger partial charge in [0, 0.05) is 13.1 Å². The SMILES string of the molecule is CC1(C)CCCN(C(=O)[C@@H]2CCCN2)CC1. The molecule has 2 aliphatic rings. The fourth-order valence-electron chi connectivity index (χ4n) is 2.76. The van der Waals surface area contributed by atoms with Crippen LogP contribution in [0.1, 0.15) is 46.0 Å². The molecule has 0 aromatic heterocycles. The number of nitrogens with zero attached hydrogens (tertiary/aromatic N) is 1. The van der Waals surface area contributed by atoms with Crippen molar-refractivity contribution in [2.45, 2.75) is 52.0 Å². The predicted molar refractivity (Wildman–Crippen MR) is 65.2 cm³/mol. The lowest BCUT2D eigenvalue weighted by Crippen LogP contribution is -2.44. The summed E-state index contributed by atoms with van der Waals surface area (Å²) >= 11 is 0. The topological polar surface area (TPSA) is 32.3 Å². The molecule has 2 aliphatic heterocycles. The number of nitrogens with one attached hydrogen (secondary N) is 1. The quantitative estimate of drug-likeness (QED) is 0.736. The zero-order valence-corrected chi connectivity index (χ0v) is 10.6. The van der Waals surface area contributed by atoms with E-state index >= 15 is 0 Å². The van der Waals surface area contributed by atoms with Crippen LogP contribution in [0.3, 0.4) is 0 Å². The lowest BCUT2D eigenvalue weighted by atomic mass is 9.85. The van der Waals surface area contributed by atoms with Gasteiger partial charge in [0.15, 0.2) is 0 Å². The van der Waals surface area contributed by atoms with Crippen LogP contribution in [0.5, 0.6) is 0 Å². The normalized spacial score (nSPS) is 30.1. The van der Waals surface area contributed by atoms with Crippen molar-refractivity contribution in [2.24, 2.45) is 5.41 Å². The fraction of sp³-hybridized carbons (Fsp3) is 0.923. The molecule has 0 aromatic rings. The first-order valence-corrected chi connectivity index (χ1v) is 6.61. The minimum absolute atomic E-state index is 0.112. The maximum atomic E-state index is 12.2. The summed E-state index contributed by atoms with van der Waals surface area (Å²) in [6.45, 7) is 7.55. The van der Waals surface area contributed by atoms with E-state index in [1.54, 1.807) is 0 Å². The van der Waals surface area contributed by atoms with Gasteiger partial charge in [-0.05, 0) is 44.1 Å². The molecule has 92 valence electrons. The van der Waals surface area contributed by atoms with Crippen molar-refractivity contribution in [3.63, 3.8) is 0 Å². The van der Waals surface area contributed by atoms with E-state index in [1.807, 2.05) is 0 Å². The van der Waals surface area contributed by atoms with Crippen molar-refractivity contribution >= 4 is 5.91 Å². The molecule has 1 atom stereocenters. The van der Waals surface area contributed by atoms with Crippen LogP contribution in [-0.4, -0.2) is 36.5 Å². The number of hydrogen-bond donors (Lipinski definition) is 1. The molecule has 3 nitrogen and oxygen atoms in total. The Hall–Kier alpha value is -0.570. The molecule has 2 saturated heterocycles. The molecule has 0 spiro atoms. The molecule has 0 bridgehead atoms. The van der Waals surface area contributed by atoms with Gasteiger partial charge < -0.3 is 10.2 Å². The average Bonchev–Trinajstić information content (AvgIpc) is 2.69. The molecule has 0 aliphatic carbocycles. The maximum Gasteiger partial charge on any atom is 0.239 e. The molecule has 0 radical (unpaired) electrons. The van der Waals surface area contributed by atoms with Crippen LogP contribution in [-0.2, 0) is 4.79 Å². The summed E-state index contributed by atoms with van der Waals surface area (Å²) in [4.78, 5) is 14.3. The van der Waals surface area contributed by atoms with E-state index in [2.05, 4.69) is 24.1 Å². The molecule has 2 fully saturated rings. The summed E-state index contributed by atoms with van der Waals surface area (Å²) in [6, 6.07) is 0.112. The number of carbonyl (C=O) groups is 1. The third-order valence-electron chi connectivity index (χ3n) is 4.01. The highest BCUT2D eigenvalue weighted by Crippen LogP contribution is 2.30. The van der Waals surface area contributed by atoms with Crippen molar-refractivity contribution in [1.29, 1.82) is 0 Å². The van der Waals surface area contributed by atoms with E-state index in [9.17, 15) is 4.79 Å². The van der Waals surface area contributed by atoms with Crippen LogP contribution >= 0.6 is 0 Å². The summed E-state index contributed by atoms with van der Waals surface area (Å²) in [6.07, 6.45) is 5.72. The highest BCUT2D eigenvalue weighted by Gasteiger charge is 2.30. The Bertz CT molecular complexity index is 257. The largest absolute Gasteiger partial charge is 0.341 e. The van der Waals surface area contributed by atoms with Gasteiger partial charge in [-0.1, -0.05) is 13.8 Å². The van der Waals surface area contributed by atoms with Gasteiger partial charge in [0.05, 0.1) is 6.04 Å². The molecule has 0 aromatic carbocycles. The monoisotopic (exact) mass is 224 g/mol. The molecule has 0 unspecified atom stereocenters. The van der Waals surface area contributed by atoms with Crippen LogP contribution < -0.4 is 5.32 Å². The summed E-state index contributed by atoms with van der Waals surface area (Å²) in [5, 5.41) is 3.30. The van der Waals surface area contributed by atoms with Crippen LogP contribution in [0.4, 0.5) is 0 Å². The van der Waals surface area contributed by atoms with Crippen molar-refractivity contribution in [1.82, 2.24) is 10.2 Å². The molecular weight excluding hydrogens is 200 g/mol. The molecule has 2 rings (SSSR count). The second-order valence-electron chi connectivity index (χ2n) is 5.99. The van der Waals surface area contributed by atoms with E-state index in [1.165, 1.54) is 6.42 Å². The summed E-state index contributed by atoms with van der Waals surface area (Å²) in [5.41, 5.74) is 0.415. The van der Waals surface area contributed by atoms with Crippen LogP contribution in [0, 0.1) is 5.41 Å². The van der Waals surface area contributed by atoms with E-state index < -0.39 is 0 Å². The molecule has 2 heterocycles. The predicted octanol–water partition coefficient (Wildman–Crippen LogP) is 1.78. The number of rotatable bonds is 1. The Morgan fingerprint density at radius 2 is 2.06 bits per heavy atom. The van der Waals surface area contributed by atoms with Gasteiger partial charge >= 0.3 is 0 Å². The number of carbonyl (C=O) groups excluding carboxylic acids is 1. The van der Waals surface area contributed by atoms with E-state index in [0.29, 0.717) is 11.3 Å². The van der Waals surface area contributed by atoms with Crippen LogP contribution in [0.15, 0.2) is 0 Å². The third kappa shape index (κ3) is 2.76. The minimum Gasteiger partial charge on any atom is -0.341 e. The first kappa shape index (κ1) is 11.9. The van der Waals surface area contributed by atoms with E-state index in [-0.39, 0.29) is 6.04 Å². The average molecular weight is 224 g/mol. The second kappa shape index (κ2) is 4.74. The molecule has 3 heteroatoms. The molecule has 1 amide bonds.